The van der Waals surface area contributed by atoms with E-state index in [9.17, 15) is 9.59 Å². The van der Waals surface area contributed by atoms with Crippen LogP contribution in [0.25, 0.3) is 0 Å². The lowest BCUT2D eigenvalue weighted by molar-refractivity contribution is -0.137. The molecule has 0 aliphatic carbocycles. The van der Waals surface area contributed by atoms with Gasteiger partial charge in [-0.2, -0.15) is 0 Å². The predicted molar refractivity (Wildman–Crippen MR) is 72.6 cm³/mol. The van der Waals surface area contributed by atoms with E-state index in [4.69, 9.17) is 4.74 Å². The largest absolute Gasteiger partial charge is 0.462 e. The maximum atomic E-state index is 11.8. The van der Waals surface area contributed by atoms with Gasteiger partial charge < -0.3 is 15.0 Å². The summed E-state index contributed by atoms with van der Waals surface area (Å²) in [5.41, 5.74) is 0. The van der Waals surface area contributed by atoms with Gasteiger partial charge in [0.15, 0.2) is 0 Å². The highest BCUT2D eigenvalue weighted by atomic mass is 32.2. The topological polar surface area (TPSA) is 58.6 Å². The second-order valence-corrected chi connectivity index (χ2v) is 5.71. The third kappa shape index (κ3) is 2.51. The number of ether oxygens (including phenoxy) is 1. The third-order valence-electron chi connectivity index (χ3n) is 2.43. The third-order valence-corrected chi connectivity index (χ3v) is 4.73. The van der Waals surface area contributed by atoms with Gasteiger partial charge in [-0.1, -0.05) is 11.8 Å². The monoisotopic (exact) mass is 286 g/mol. The molecule has 0 bridgehead atoms. The first-order chi connectivity index (χ1) is 8.67. The molecule has 2 heterocycles. The molecular weight excluding hydrogens is 272 g/mol. The van der Waals surface area contributed by atoms with Crippen molar-refractivity contribution in [3.05, 3.63) is 21.0 Å². The molecule has 0 unspecified atom stereocenters. The Morgan fingerprint density at radius 1 is 1.56 bits per heavy atom. The highest BCUT2D eigenvalue weighted by Gasteiger charge is 2.32. The Balaban J connectivity index is 2.23. The zero-order valence-corrected chi connectivity index (χ0v) is 11.8. The van der Waals surface area contributed by atoms with Crippen molar-refractivity contribution >= 4 is 35.4 Å². The standard InChI is InChI=1S/C11H14N2O3S2/c1-3-16-11(15)8-10-13(4-5-17-8)6-7(18-10)9(14)12-2/h6H,3-5H2,1-2H3,(H,12,14). The molecule has 7 heteroatoms. The Morgan fingerprint density at radius 3 is 3.00 bits per heavy atom. The lowest BCUT2D eigenvalue weighted by atomic mass is 10.4. The molecule has 0 fully saturated rings. The summed E-state index contributed by atoms with van der Waals surface area (Å²) >= 11 is 2.81. The number of fused-ring (bicyclic) bond motifs is 1. The smallest absolute Gasteiger partial charge is 0.347 e. The van der Waals surface area contributed by atoms with Crippen LogP contribution in [0.5, 0.6) is 0 Å². The average molecular weight is 286 g/mol. The van der Waals surface area contributed by atoms with E-state index in [1.807, 2.05) is 4.90 Å². The molecule has 1 amide bonds. The summed E-state index contributed by atoms with van der Waals surface area (Å²) in [7, 11) is 1.59. The number of nitrogens with one attached hydrogen (secondary N) is 1. The highest BCUT2D eigenvalue weighted by molar-refractivity contribution is 8.10. The minimum absolute atomic E-state index is 0.130. The second kappa shape index (κ2) is 5.71. The maximum Gasteiger partial charge on any atom is 0.347 e. The summed E-state index contributed by atoms with van der Waals surface area (Å²) in [6.45, 7) is 2.94. The van der Waals surface area contributed by atoms with Gasteiger partial charge in [0.2, 0.25) is 0 Å². The van der Waals surface area contributed by atoms with Gasteiger partial charge in [0.05, 0.1) is 11.5 Å². The van der Waals surface area contributed by atoms with Crippen molar-refractivity contribution in [2.75, 3.05) is 26.0 Å². The molecule has 0 spiro atoms. The number of carbonyl (C=O) groups is 2. The Hall–Kier alpha value is -1.08. The fourth-order valence-electron chi connectivity index (χ4n) is 1.61. The summed E-state index contributed by atoms with van der Waals surface area (Å²) in [5, 5.41) is 3.39. The van der Waals surface area contributed by atoms with Crippen LogP contribution in [0.4, 0.5) is 0 Å². The van der Waals surface area contributed by atoms with Gasteiger partial charge in [-0.05, 0) is 6.92 Å². The molecule has 1 N–H and O–H groups in total. The van der Waals surface area contributed by atoms with Crippen molar-refractivity contribution in [1.29, 1.82) is 0 Å². The number of nitrogens with zero attached hydrogens (tertiary/aromatic N) is 1. The summed E-state index contributed by atoms with van der Waals surface area (Å²) in [5.74, 6) is 0.381. The molecule has 2 aliphatic rings. The van der Waals surface area contributed by atoms with Crippen molar-refractivity contribution in [2.45, 2.75) is 6.92 Å². The lowest BCUT2D eigenvalue weighted by Gasteiger charge is -2.24. The van der Waals surface area contributed by atoms with Crippen LogP contribution in [0.2, 0.25) is 0 Å². The van der Waals surface area contributed by atoms with Crippen LogP contribution >= 0.6 is 23.5 Å². The molecule has 0 saturated carbocycles. The number of likely N-dealkylation sites (N-methyl/N-ethyl adjacent to an activating group) is 1. The van der Waals surface area contributed by atoms with Gasteiger partial charge in [0.25, 0.3) is 5.91 Å². The summed E-state index contributed by atoms with van der Waals surface area (Å²) in [4.78, 5) is 26.6. The SMILES string of the molecule is CCOC(=O)C1=C2SC(C(=O)NC)=CN2CCS1. The zero-order chi connectivity index (χ0) is 13.1. The van der Waals surface area contributed by atoms with Crippen LogP contribution in [0.15, 0.2) is 21.0 Å². The van der Waals surface area contributed by atoms with E-state index in [-0.39, 0.29) is 11.9 Å². The Labute approximate surface area is 114 Å². The van der Waals surface area contributed by atoms with E-state index in [0.29, 0.717) is 16.4 Å². The first-order valence-corrected chi connectivity index (χ1v) is 7.40. The molecule has 0 saturated heterocycles. The van der Waals surface area contributed by atoms with Gasteiger partial charge in [-0.25, -0.2) is 4.79 Å². The Bertz CT molecular complexity index is 446. The first kappa shape index (κ1) is 13.4. The molecule has 5 nitrogen and oxygen atoms in total. The van der Waals surface area contributed by atoms with Crippen LogP contribution in [0, 0.1) is 0 Å². The molecule has 98 valence electrons. The second-order valence-electron chi connectivity index (χ2n) is 3.57. The molecule has 0 radical (unpaired) electrons. The summed E-state index contributed by atoms with van der Waals surface area (Å²) in [6, 6.07) is 0. The number of esters is 1. The Morgan fingerprint density at radius 2 is 2.33 bits per heavy atom. The van der Waals surface area contributed by atoms with E-state index in [2.05, 4.69) is 5.32 Å². The first-order valence-electron chi connectivity index (χ1n) is 5.60. The number of carbonyl (C=O) groups excluding carboxylic acids is 2. The van der Waals surface area contributed by atoms with Crippen molar-refractivity contribution in [1.82, 2.24) is 10.2 Å². The van der Waals surface area contributed by atoms with E-state index in [0.717, 1.165) is 17.3 Å². The fourth-order valence-corrected chi connectivity index (χ4v) is 3.84. The molecule has 0 aromatic rings. The van der Waals surface area contributed by atoms with Gasteiger partial charge >= 0.3 is 5.97 Å². The maximum absolute atomic E-state index is 11.8. The number of amides is 1. The highest BCUT2D eigenvalue weighted by Crippen LogP contribution is 2.44. The van der Waals surface area contributed by atoms with Gasteiger partial charge in [-0.3, -0.25) is 4.79 Å². The molecule has 2 aliphatic heterocycles. The normalized spacial score (nSPS) is 18.3. The number of thioether (sulfide) groups is 2. The predicted octanol–water partition coefficient (Wildman–Crippen LogP) is 1.10. The molecule has 0 aromatic heterocycles. The quantitative estimate of drug-likeness (QED) is 0.784. The van der Waals surface area contributed by atoms with Gasteiger partial charge in [0.1, 0.15) is 9.93 Å². The minimum Gasteiger partial charge on any atom is -0.462 e. The van der Waals surface area contributed by atoms with Crippen LogP contribution in [-0.4, -0.2) is 42.7 Å². The van der Waals surface area contributed by atoms with E-state index in [1.54, 1.807) is 20.2 Å². The fraction of sp³-hybridized carbons (Fsp3) is 0.455. The minimum atomic E-state index is -0.304. The van der Waals surface area contributed by atoms with Crippen LogP contribution in [0.3, 0.4) is 0 Å². The summed E-state index contributed by atoms with van der Waals surface area (Å²) in [6.07, 6.45) is 1.79. The van der Waals surface area contributed by atoms with Crippen molar-refractivity contribution < 1.29 is 14.3 Å². The molecule has 18 heavy (non-hydrogen) atoms. The summed E-state index contributed by atoms with van der Waals surface area (Å²) < 4.78 is 5.03. The number of rotatable bonds is 3. The van der Waals surface area contributed by atoms with Crippen molar-refractivity contribution in [3.63, 3.8) is 0 Å². The van der Waals surface area contributed by atoms with Crippen molar-refractivity contribution in [3.8, 4) is 0 Å². The van der Waals surface area contributed by atoms with E-state index >= 15 is 0 Å². The molecule has 0 atom stereocenters. The molecular formula is C11H14N2O3S2. The molecule has 2 rings (SSSR count). The van der Waals surface area contributed by atoms with Crippen molar-refractivity contribution in [2.24, 2.45) is 0 Å². The van der Waals surface area contributed by atoms with E-state index in [1.165, 1.54) is 23.5 Å². The Kier molecular flexibility index (Phi) is 4.23. The lowest BCUT2D eigenvalue weighted by Crippen LogP contribution is -2.24. The van der Waals surface area contributed by atoms with Crippen LogP contribution in [-0.2, 0) is 14.3 Å². The van der Waals surface area contributed by atoms with Gasteiger partial charge in [0, 0.05) is 25.5 Å². The average Bonchev–Trinajstić information content (AvgIpc) is 2.81. The molecule has 0 aromatic carbocycles. The van der Waals surface area contributed by atoms with E-state index < -0.39 is 0 Å². The van der Waals surface area contributed by atoms with Gasteiger partial charge in [-0.15, -0.1) is 11.8 Å². The van der Waals surface area contributed by atoms with Crippen LogP contribution < -0.4 is 5.32 Å². The zero-order valence-electron chi connectivity index (χ0n) is 10.2. The number of hydrogen-bond donors (Lipinski definition) is 1. The van der Waals surface area contributed by atoms with Crippen LogP contribution in [0.1, 0.15) is 6.92 Å². The number of hydrogen-bond acceptors (Lipinski definition) is 6.